The lowest BCUT2D eigenvalue weighted by molar-refractivity contribution is -0.110. The molecule has 1 heterocycles. The number of hydrogen-bond acceptors (Lipinski definition) is 3. The molecule has 1 N–H and O–H groups in total. The number of halogens is 1. The minimum absolute atomic E-state index is 0.283. The number of benzene rings is 2. The summed E-state index contributed by atoms with van der Waals surface area (Å²) in [6.07, 6.45) is 0. The van der Waals surface area contributed by atoms with Crippen molar-refractivity contribution in [2.24, 2.45) is 0 Å². The summed E-state index contributed by atoms with van der Waals surface area (Å²) < 4.78 is 4.97. The van der Waals surface area contributed by atoms with Crippen LogP contribution in [0, 0.1) is 0 Å². The molecule has 0 aliphatic carbocycles. The maximum Gasteiger partial charge on any atom is 0.338 e. The van der Waals surface area contributed by atoms with Crippen molar-refractivity contribution in [1.29, 1.82) is 0 Å². The van der Waals surface area contributed by atoms with Crippen LogP contribution < -0.4 is 5.32 Å². The summed E-state index contributed by atoms with van der Waals surface area (Å²) in [6, 6.07) is 14.2. The van der Waals surface area contributed by atoms with Gasteiger partial charge in [0.05, 0.1) is 22.8 Å². The summed E-state index contributed by atoms with van der Waals surface area (Å²) in [4.78, 5) is 24.1. The fraction of sp³-hybridized carbons (Fsp3) is 0.111. The molecular formula is C18H14ClNO3. The normalized spacial score (nSPS) is 15.0. The third kappa shape index (κ3) is 2.85. The summed E-state index contributed by atoms with van der Waals surface area (Å²) in [7, 11) is 0. The fourth-order valence-electron chi connectivity index (χ4n) is 2.46. The molecule has 116 valence electrons. The second-order valence-corrected chi connectivity index (χ2v) is 5.37. The predicted octanol–water partition coefficient (Wildman–Crippen LogP) is 3.92. The standard InChI is InChI=1S/C18H14ClNO3/c1-2-23-18(22)12-8-9-13-14(10-12)20-17(21)15(13)16(19)11-6-4-3-5-7-11/h3-10H,2H2,1H3,(H,20,21)/b16-15-. The van der Waals surface area contributed by atoms with Crippen LogP contribution in [0.15, 0.2) is 48.5 Å². The molecule has 5 heteroatoms. The third-order valence-electron chi connectivity index (χ3n) is 3.52. The van der Waals surface area contributed by atoms with E-state index in [9.17, 15) is 9.59 Å². The van der Waals surface area contributed by atoms with Crippen LogP contribution >= 0.6 is 11.6 Å². The van der Waals surface area contributed by atoms with Crippen molar-refractivity contribution in [3.05, 3.63) is 65.2 Å². The number of carbonyl (C=O) groups excluding carboxylic acids is 2. The lowest BCUT2D eigenvalue weighted by Crippen LogP contribution is -2.06. The molecule has 1 aliphatic heterocycles. The molecule has 0 radical (unpaired) electrons. The monoisotopic (exact) mass is 327 g/mol. The van der Waals surface area contributed by atoms with Crippen LogP contribution in [0.1, 0.15) is 28.4 Å². The Morgan fingerprint density at radius 2 is 1.87 bits per heavy atom. The first kappa shape index (κ1) is 15.3. The molecular weight excluding hydrogens is 314 g/mol. The number of esters is 1. The quantitative estimate of drug-likeness (QED) is 0.686. The van der Waals surface area contributed by atoms with Gasteiger partial charge in [0, 0.05) is 11.3 Å². The van der Waals surface area contributed by atoms with Crippen LogP contribution in [0.4, 0.5) is 5.69 Å². The molecule has 0 bridgehead atoms. The van der Waals surface area contributed by atoms with Crippen molar-refractivity contribution < 1.29 is 14.3 Å². The molecule has 0 aromatic heterocycles. The molecule has 1 amide bonds. The average molecular weight is 328 g/mol. The van der Waals surface area contributed by atoms with Crippen LogP contribution in [0.3, 0.4) is 0 Å². The SMILES string of the molecule is CCOC(=O)c1ccc2c(c1)NC(=O)/C2=C(\Cl)c1ccccc1. The molecule has 0 unspecified atom stereocenters. The van der Waals surface area contributed by atoms with E-state index in [1.807, 2.05) is 30.3 Å². The number of amides is 1. The Balaban J connectivity index is 2.05. The first-order valence-electron chi connectivity index (χ1n) is 7.20. The summed E-state index contributed by atoms with van der Waals surface area (Å²) in [5.74, 6) is -0.703. The van der Waals surface area contributed by atoms with Crippen LogP contribution in [-0.2, 0) is 9.53 Å². The summed E-state index contributed by atoms with van der Waals surface area (Å²) in [5, 5.41) is 3.13. The summed E-state index contributed by atoms with van der Waals surface area (Å²) in [6.45, 7) is 2.04. The number of ether oxygens (including phenoxy) is 1. The van der Waals surface area contributed by atoms with Gasteiger partial charge in [-0.2, -0.15) is 0 Å². The van der Waals surface area contributed by atoms with Crippen LogP contribution in [0.2, 0.25) is 0 Å². The van der Waals surface area contributed by atoms with Crippen LogP contribution in [0.25, 0.3) is 10.6 Å². The number of fused-ring (bicyclic) bond motifs is 1. The largest absolute Gasteiger partial charge is 0.462 e. The molecule has 0 atom stereocenters. The minimum atomic E-state index is -0.420. The Bertz CT molecular complexity index is 812. The van der Waals surface area contributed by atoms with E-state index in [4.69, 9.17) is 16.3 Å². The zero-order valence-corrected chi connectivity index (χ0v) is 13.2. The summed E-state index contributed by atoms with van der Waals surface area (Å²) >= 11 is 6.41. The molecule has 0 saturated carbocycles. The maximum atomic E-state index is 12.3. The number of anilines is 1. The van der Waals surface area contributed by atoms with Crippen molar-refractivity contribution >= 4 is 39.8 Å². The van der Waals surface area contributed by atoms with Crippen molar-refractivity contribution in [2.75, 3.05) is 11.9 Å². The lowest BCUT2D eigenvalue weighted by Gasteiger charge is -2.05. The zero-order valence-electron chi connectivity index (χ0n) is 12.4. The van der Waals surface area contributed by atoms with E-state index in [0.29, 0.717) is 34.0 Å². The van der Waals surface area contributed by atoms with Crippen molar-refractivity contribution in [2.45, 2.75) is 6.92 Å². The Labute approximate surface area is 138 Å². The molecule has 0 spiro atoms. The Hall–Kier alpha value is -2.59. The molecule has 3 rings (SSSR count). The highest BCUT2D eigenvalue weighted by molar-refractivity contribution is 6.59. The Morgan fingerprint density at radius 1 is 1.13 bits per heavy atom. The number of rotatable bonds is 3. The summed E-state index contributed by atoms with van der Waals surface area (Å²) in [5.41, 5.74) is 2.80. The van der Waals surface area contributed by atoms with Gasteiger partial charge in [-0.1, -0.05) is 48.0 Å². The van der Waals surface area contributed by atoms with Crippen LogP contribution in [0.5, 0.6) is 0 Å². The van der Waals surface area contributed by atoms with Crippen LogP contribution in [-0.4, -0.2) is 18.5 Å². The highest BCUT2D eigenvalue weighted by atomic mass is 35.5. The first-order chi connectivity index (χ1) is 11.1. The predicted molar refractivity (Wildman–Crippen MR) is 90.1 cm³/mol. The van der Waals surface area contributed by atoms with Gasteiger partial charge in [-0.15, -0.1) is 0 Å². The van der Waals surface area contributed by atoms with Gasteiger partial charge in [-0.25, -0.2) is 4.79 Å². The average Bonchev–Trinajstić information content (AvgIpc) is 2.90. The van der Waals surface area contributed by atoms with Gasteiger partial charge in [0.15, 0.2) is 0 Å². The van der Waals surface area contributed by atoms with Crippen molar-refractivity contribution in [1.82, 2.24) is 0 Å². The first-order valence-corrected chi connectivity index (χ1v) is 7.57. The second-order valence-electron chi connectivity index (χ2n) is 4.99. The van der Waals surface area contributed by atoms with Crippen molar-refractivity contribution in [3.8, 4) is 0 Å². The zero-order chi connectivity index (χ0) is 16.4. The molecule has 0 saturated heterocycles. The van der Waals surface area contributed by atoms with Gasteiger partial charge in [-0.05, 0) is 24.6 Å². The second kappa shape index (κ2) is 6.26. The van der Waals surface area contributed by atoms with E-state index < -0.39 is 5.97 Å². The molecule has 1 aliphatic rings. The number of carbonyl (C=O) groups is 2. The molecule has 4 nitrogen and oxygen atoms in total. The minimum Gasteiger partial charge on any atom is -0.462 e. The Kier molecular flexibility index (Phi) is 4.17. The van der Waals surface area contributed by atoms with Gasteiger partial charge in [0.2, 0.25) is 0 Å². The number of hydrogen-bond donors (Lipinski definition) is 1. The Morgan fingerprint density at radius 3 is 2.57 bits per heavy atom. The van der Waals surface area contributed by atoms with E-state index in [0.717, 1.165) is 5.56 Å². The van der Waals surface area contributed by atoms with Gasteiger partial charge in [0.1, 0.15) is 0 Å². The van der Waals surface area contributed by atoms with Gasteiger partial charge < -0.3 is 10.1 Å². The van der Waals surface area contributed by atoms with E-state index in [2.05, 4.69) is 5.32 Å². The third-order valence-corrected chi connectivity index (χ3v) is 3.93. The smallest absolute Gasteiger partial charge is 0.338 e. The molecule has 0 fully saturated rings. The molecule has 23 heavy (non-hydrogen) atoms. The van der Waals surface area contributed by atoms with E-state index >= 15 is 0 Å². The van der Waals surface area contributed by atoms with E-state index in [1.54, 1.807) is 25.1 Å². The highest BCUT2D eigenvalue weighted by Gasteiger charge is 2.28. The lowest BCUT2D eigenvalue weighted by atomic mass is 10.0. The topological polar surface area (TPSA) is 55.4 Å². The fourth-order valence-corrected chi connectivity index (χ4v) is 2.77. The number of nitrogens with one attached hydrogen (secondary N) is 1. The van der Waals surface area contributed by atoms with Gasteiger partial charge in [-0.3, -0.25) is 4.79 Å². The van der Waals surface area contributed by atoms with E-state index in [-0.39, 0.29) is 5.91 Å². The highest BCUT2D eigenvalue weighted by Crippen LogP contribution is 2.39. The van der Waals surface area contributed by atoms with Gasteiger partial charge in [0.25, 0.3) is 5.91 Å². The molecule has 2 aromatic rings. The van der Waals surface area contributed by atoms with E-state index in [1.165, 1.54) is 0 Å². The maximum absolute atomic E-state index is 12.3. The van der Waals surface area contributed by atoms with Crippen molar-refractivity contribution in [3.63, 3.8) is 0 Å². The molecule has 2 aromatic carbocycles. The van der Waals surface area contributed by atoms with Gasteiger partial charge >= 0.3 is 5.97 Å².